The SMILES string of the molecule is C[C@@]1(c2nc(NC(=O)c3ncc(OCCF)nc3N)ccc2F)CO[C@@](C)(C(F)(F)F)C(N)=N1. The van der Waals surface area contributed by atoms with Crippen LogP contribution in [0.25, 0.3) is 0 Å². The van der Waals surface area contributed by atoms with Gasteiger partial charge in [0.05, 0.1) is 12.8 Å². The highest BCUT2D eigenvalue weighted by atomic mass is 19.4. The largest absolute Gasteiger partial charge is 0.474 e. The molecule has 2 atom stereocenters. The van der Waals surface area contributed by atoms with Gasteiger partial charge in [0, 0.05) is 0 Å². The second-order valence-electron chi connectivity index (χ2n) is 7.55. The summed E-state index contributed by atoms with van der Waals surface area (Å²) in [7, 11) is 0. The van der Waals surface area contributed by atoms with E-state index in [1.807, 2.05) is 0 Å². The quantitative estimate of drug-likeness (QED) is 0.522. The molecule has 0 aliphatic carbocycles. The maximum absolute atomic E-state index is 14.6. The number of rotatable bonds is 6. The summed E-state index contributed by atoms with van der Waals surface area (Å²) in [5.41, 5.74) is 5.94. The molecule has 0 radical (unpaired) electrons. The lowest BCUT2D eigenvalue weighted by molar-refractivity contribution is -0.249. The number of hydrogen-bond donors (Lipinski definition) is 3. The van der Waals surface area contributed by atoms with E-state index in [1.165, 1.54) is 6.92 Å². The molecule has 34 heavy (non-hydrogen) atoms. The minimum atomic E-state index is -4.85. The van der Waals surface area contributed by atoms with Gasteiger partial charge in [0.15, 0.2) is 11.5 Å². The van der Waals surface area contributed by atoms with Crippen molar-refractivity contribution in [3.63, 3.8) is 0 Å². The number of pyridine rings is 1. The molecule has 0 saturated carbocycles. The van der Waals surface area contributed by atoms with Crippen LogP contribution in [-0.2, 0) is 10.3 Å². The van der Waals surface area contributed by atoms with Crippen LogP contribution in [0.3, 0.4) is 0 Å². The zero-order valence-corrected chi connectivity index (χ0v) is 17.9. The maximum atomic E-state index is 14.6. The molecule has 1 aliphatic rings. The highest BCUT2D eigenvalue weighted by Gasteiger charge is 2.59. The first-order chi connectivity index (χ1) is 15.8. The molecule has 10 nitrogen and oxygen atoms in total. The lowest BCUT2D eigenvalue weighted by Gasteiger charge is -2.40. The number of nitrogen functional groups attached to an aromatic ring is 1. The second kappa shape index (κ2) is 8.96. The number of aliphatic imine (C=N–C) groups is 1. The number of alkyl halides is 4. The summed E-state index contributed by atoms with van der Waals surface area (Å²) in [6, 6.07) is 2.05. The summed E-state index contributed by atoms with van der Waals surface area (Å²) in [5.74, 6) is -3.29. The molecule has 184 valence electrons. The minimum absolute atomic E-state index is 0.0968. The fourth-order valence-corrected chi connectivity index (χ4v) is 2.95. The molecule has 0 fully saturated rings. The number of anilines is 2. The monoisotopic (exact) mass is 489 g/mol. The van der Waals surface area contributed by atoms with Gasteiger partial charge in [0.25, 0.3) is 5.91 Å². The molecule has 0 unspecified atom stereocenters. The predicted octanol–water partition coefficient (Wildman–Crippen LogP) is 2.12. The number of nitrogens with zero attached hydrogens (tertiary/aromatic N) is 4. The van der Waals surface area contributed by atoms with Gasteiger partial charge >= 0.3 is 6.18 Å². The highest BCUT2D eigenvalue weighted by Crippen LogP contribution is 2.41. The third-order valence-corrected chi connectivity index (χ3v) is 4.96. The Morgan fingerprint density at radius 2 is 1.97 bits per heavy atom. The van der Waals surface area contributed by atoms with Gasteiger partial charge in [0.1, 0.15) is 42.0 Å². The van der Waals surface area contributed by atoms with E-state index in [2.05, 4.69) is 25.3 Å². The Kier molecular flexibility index (Phi) is 6.59. The Labute approximate surface area is 189 Å². The molecule has 5 N–H and O–H groups in total. The number of nitrogens with one attached hydrogen (secondary N) is 1. The number of halogens is 5. The molecular formula is C19H20F5N7O3. The van der Waals surface area contributed by atoms with E-state index in [0.29, 0.717) is 6.92 Å². The summed E-state index contributed by atoms with van der Waals surface area (Å²) in [5, 5.41) is 2.34. The smallest absolute Gasteiger partial charge is 0.424 e. The fourth-order valence-electron chi connectivity index (χ4n) is 2.95. The van der Waals surface area contributed by atoms with E-state index in [4.69, 9.17) is 20.9 Å². The van der Waals surface area contributed by atoms with Gasteiger partial charge in [-0.05, 0) is 26.0 Å². The van der Waals surface area contributed by atoms with Gasteiger partial charge in [0.2, 0.25) is 11.5 Å². The number of hydrogen-bond acceptors (Lipinski definition) is 9. The molecule has 15 heteroatoms. The summed E-state index contributed by atoms with van der Waals surface area (Å²) in [6.07, 6.45) is -3.79. The third-order valence-electron chi connectivity index (χ3n) is 4.96. The van der Waals surface area contributed by atoms with Crippen LogP contribution < -0.4 is 21.5 Å². The lowest BCUT2D eigenvalue weighted by Crippen LogP contribution is -2.60. The van der Waals surface area contributed by atoms with Crippen molar-refractivity contribution in [2.75, 3.05) is 30.9 Å². The normalized spacial score (nSPS) is 22.7. The lowest BCUT2D eigenvalue weighted by atomic mass is 9.93. The van der Waals surface area contributed by atoms with Crippen LogP contribution in [0.1, 0.15) is 30.0 Å². The van der Waals surface area contributed by atoms with Gasteiger partial charge < -0.3 is 26.3 Å². The number of nitrogens with two attached hydrogens (primary N) is 2. The average molecular weight is 489 g/mol. The van der Waals surface area contributed by atoms with E-state index >= 15 is 0 Å². The maximum Gasteiger partial charge on any atom is 0.424 e. The molecule has 2 aromatic heterocycles. The van der Waals surface area contributed by atoms with Crippen molar-refractivity contribution in [2.45, 2.75) is 31.2 Å². The zero-order chi connectivity index (χ0) is 25.3. The Morgan fingerprint density at radius 3 is 2.56 bits per heavy atom. The van der Waals surface area contributed by atoms with E-state index in [-0.39, 0.29) is 29.8 Å². The number of aromatic nitrogens is 3. The van der Waals surface area contributed by atoms with E-state index in [1.54, 1.807) is 0 Å². The molecule has 1 aliphatic heterocycles. The number of carbonyl (C=O) groups excluding carboxylic acids is 1. The van der Waals surface area contributed by atoms with Gasteiger partial charge in [-0.3, -0.25) is 9.79 Å². The summed E-state index contributed by atoms with van der Waals surface area (Å²) in [6.45, 7) is 0.262. The van der Waals surface area contributed by atoms with E-state index in [9.17, 15) is 26.7 Å². The van der Waals surface area contributed by atoms with Gasteiger partial charge in [-0.1, -0.05) is 0 Å². The van der Waals surface area contributed by atoms with Crippen LogP contribution in [0.4, 0.5) is 33.6 Å². The first kappa shape index (κ1) is 25.0. The average Bonchev–Trinajstić information content (AvgIpc) is 2.75. The first-order valence-electron chi connectivity index (χ1n) is 9.67. The Balaban J connectivity index is 1.87. The Hall–Kier alpha value is -3.62. The van der Waals surface area contributed by atoms with Crippen LogP contribution in [-0.4, -0.2) is 58.4 Å². The van der Waals surface area contributed by atoms with E-state index < -0.39 is 53.9 Å². The third kappa shape index (κ3) is 4.69. The van der Waals surface area contributed by atoms with Crippen molar-refractivity contribution in [3.05, 3.63) is 35.5 Å². The van der Waals surface area contributed by atoms with Crippen LogP contribution in [0, 0.1) is 5.82 Å². The molecular weight excluding hydrogens is 469 g/mol. The summed E-state index contributed by atoms with van der Waals surface area (Å²) < 4.78 is 76.6. The van der Waals surface area contributed by atoms with Crippen molar-refractivity contribution in [1.29, 1.82) is 0 Å². The van der Waals surface area contributed by atoms with Crippen molar-refractivity contribution >= 4 is 23.4 Å². The molecule has 0 bridgehead atoms. The van der Waals surface area contributed by atoms with Gasteiger partial charge in [-0.2, -0.15) is 18.2 Å². The standard InChI is InChI=1S/C19H20F5N7O3/c1-17(8-34-18(2,16(26)31-17)19(22,23)24)13-9(21)3-4-10(28-13)29-15(32)12-14(25)30-11(7-27-12)33-6-5-20/h3-4,7H,5-6,8H2,1-2H3,(H2,25,30)(H2,26,31)(H,28,29,32)/t17-,18+/m0/s1. The number of carbonyl (C=O) groups is 1. The molecule has 0 spiro atoms. The topological polar surface area (TPSA) is 151 Å². The van der Waals surface area contributed by atoms with Crippen LogP contribution in [0.5, 0.6) is 5.88 Å². The Morgan fingerprint density at radius 1 is 1.26 bits per heavy atom. The molecule has 0 aromatic carbocycles. The summed E-state index contributed by atoms with van der Waals surface area (Å²) in [4.78, 5) is 27.9. The highest BCUT2D eigenvalue weighted by molar-refractivity contribution is 6.05. The van der Waals surface area contributed by atoms with Crippen LogP contribution in [0.2, 0.25) is 0 Å². The Bertz CT molecular complexity index is 1130. The molecule has 2 aromatic rings. The molecule has 0 saturated heterocycles. The fraction of sp³-hybridized carbons (Fsp3) is 0.421. The number of ether oxygens (including phenoxy) is 2. The summed E-state index contributed by atoms with van der Waals surface area (Å²) >= 11 is 0. The molecule has 3 heterocycles. The van der Waals surface area contributed by atoms with Crippen LogP contribution in [0.15, 0.2) is 23.3 Å². The van der Waals surface area contributed by atoms with Crippen molar-refractivity contribution in [1.82, 2.24) is 15.0 Å². The van der Waals surface area contributed by atoms with Gasteiger partial charge in [-0.15, -0.1) is 0 Å². The number of amides is 1. The van der Waals surface area contributed by atoms with Crippen molar-refractivity contribution in [3.8, 4) is 5.88 Å². The minimum Gasteiger partial charge on any atom is -0.474 e. The molecule has 1 amide bonds. The second-order valence-corrected chi connectivity index (χ2v) is 7.55. The van der Waals surface area contributed by atoms with Crippen molar-refractivity contribution < 1.29 is 36.2 Å². The van der Waals surface area contributed by atoms with E-state index in [0.717, 1.165) is 18.3 Å². The van der Waals surface area contributed by atoms with Crippen LogP contribution >= 0.6 is 0 Å². The molecule has 3 rings (SSSR count). The van der Waals surface area contributed by atoms with Gasteiger partial charge in [-0.25, -0.2) is 18.7 Å². The first-order valence-corrected chi connectivity index (χ1v) is 9.67. The predicted molar refractivity (Wildman–Crippen MR) is 109 cm³/mol. The number of amidine groups is 1. The van der Waals surface area contributed by atoms with Crippen molar-refractivity contribution in [2.24, 2.45) is 10.7 Å². The zero-order valence-electron chi connectivity index (χ0n) is 17.9.